The number of aryl methyl sites for hydroxylation is 2. The number of nitrogens with two attached hydrogens (primary N) is 2. The van der Waals surface area contributed by atoms with Crippen molar-refractivity contribution in [1.82, 2.24) is 19.9 Å². The molecular formula is C13H13FN6. The van der Waals surface area contributed by atoms with Gasteiger partial charge in [0.1, 0.15) is 22.7 Å². The Morgan fingerprint density at radius 1 is 1.15 bits per heavy atom. The highest BCUT2D eigenvalue weighted by Gasteiger charge is 2.14. The second-order valence-electron chi connectivity index (χ2n) is 4.67. The van der Waals surface area contributed by atoms with Crippen LogP contribution in [-0.4, -0.2) is 19.9 Å². The molecule has 0 atom stereocenters. The van der Waals surface area contributed by atoms with E-state index in [2.05, 4.69) is 15.1 Å². The smallest absolute Gasteiger partial charge is 0.151 e. The number of rotatable bonds is 1. The molecule has 2 heterocycles. The lowest BCUT2D eigenvalue weighted by atomic mass is 10.1. The van der Waals surface area contributed by atoms with Crippen LogP contribution in [0.5, 0.6) is 0 Å². The van der Waals surface area contributed by atoms with E-state index in [1.807, 2.05) is 0 Å². The van der Waals surface area contributed by atoms with E-state index in [9.17, 15) is 4.39 Å². The number of hydrogen-bond donors (Lipinski definition) is 2. The van der Waals surface area contributed by atoms with Crippen molar-refractivity contribution in [3.05, 3.63) is 35.3 Å². The molecule has 0 radical (unpaired) electrons. The van der Waals surface area contributed by atoms with E-state index in [4.69, 9.17) is 11.6 Å². The summed E-state index contributed by atoms with van der Waals surface area (Å²) in [6.07, 6.45) is 0. The van der Waals surface area contributed by atoms with Gasteiger partial charge < -0.3 is 11.6 Å². The Balaban J connectivity index is 2.29. The maximum Gasteiger partial charge on any atom is 0.151 e. The average molecular weight is 272 g/mol. The number of hydrogen-bond acceptors (Lipinski definition) is 5. The van der Waals surface area contributed by atoms with Gasteiger partial charge in [0.05, 0.1) is 11.2 Å². The van der Waals surface area contributed by atoms with E-state index in [1.54, 1.807) is 26.0 Å². The zero-order chi connectivity index (χ0) is 14.4. The SMILES string of the molecule is Cc1cc(F)c2nc(C)c(-c3cc(N)n(N)n3)nc2c1. The molecule has 3 rings (SSSR count). The van der Waals surface area contributed by atoms with E-state index in [-0.39, 0.29) is 11.3 Å². The van der Waals surface area contributed by atoms with Gasteiger partial charge in [-0.05, 0) is 31.5 Å². The van der Waals surface area contributed by atoms with Gasteiger partial charge in [0.2, 0.25) is 0 Å². The number of nitrogens with zero attached hydrogens (tertiary/aromatic N) is 4. The van der Waals surface area contributed by atoms with Gasteiger partial charge in [-0.1, -0.05) is 0 Å². The summed E-state index contributed by atoms with van der Waals surface area (Å²) in [5, 5.41) is 4.07. The standard InChI is InChI=1S/C13H13FN6/c1-6-3-8(14)13-9(4-6)18-12(7(2)17-13)10-5-11(15)20(16)19-10/h3-5H,15-16H2,1-2H3. The maximum atomic E-state index is 13.9. The molecule has 6 nitrogen and oxygen atoms in total. The molecule has 0 aliphatic carbocycles. The lowest BCUT2D eigenvalue weighted by Gasteiger charge is -2.06. The molecule has 20 heavy (non-hydrogen) atoms. The van der Waals surface area contributed by atoms with Crippen LogP contribution in [0.3, 0.4) is 0 Å². The molecule has 4 N–H and O–H groups in total. The summed E-state index contributed by atoms with van der Waals surface area (Å²) < 4.78 is 13.9. The van der Waals surface area contributed by atoms with Crippen molar-refractivity contribution in [2.24, 2.45) is 0 Å². The third-order valence-corrected chi connectivity index (χ3v) is 3.05. The molecular weight excluding hydrogens is 259 g/mol. The maximum absolute atomic E-state index is 13.9. The minimum Gasteiger partial charge on any atom is -0.382 e. The van der Waals surface area contributed by atoms with Gasteiger partial charge in [-0.3, -0.25) is 0 Å². The second kappa shape index (κ2) is 4.16. The van der Waals surface area contributed by atoms with Crippen LogP contribution in [0.2, 0.25) is 0 Å². The molecule has 0 fully saturated rings. The fourth-order valence-corrected chi connectivity index (χ4v) is 2.10. The molecule has 0 unspecified atom stereocenters. The molecule has 0 aliphatic rings. The Hall–Kier alpha value is -2.70. The first-order valence-electron chi connectivity index (χ1n) is 6.01. The molecule has 0 bridgehead atoms. The summed E-state index contributed by atoms with van der Waals surface area (Å²) in [6.45, 7) is 3.54. The molecule has 0 saturated carbocycles. The fourth-order valence-electron chi connectivity index (χ4n) is 2.10. The van der Waals surface area contributed by atoms with Gasteiger partial charge in [-0.15, -0.1) is 5.10 Å². The van der Waals surface area contributed by atoms with E-state index < -0.39 is 0 Å². The van der Waals surface area contributed by atoms with Crippen LogP contribution < -0.4 is 11.6 Å². The van der Waals surface area contributed by atoms with E-state index in [1.165, 1.54) is 6.07 Å². The molecule has 2 aromatic heterocycles. The van der Waals surface area contributed by atoms with Gasteiger partial charge in [-0.25, -0.2) is 14.4 Å². The van der Waals surface area contributed by atoms with Crippen molar-refractivity contribution in [2.75, 3.05) is 11.6 Å². The minimum atomic E-state index is -0.383. The zero-order valence-corrected chi connectivity index (χ0v) is 11.1. The fraction of sp³-hybridized carbons (Fsp3) is 0.154. The quantitative estimate of drug-likeness (QED) is 0.655. The number of aromatic nitrogens is 4. The molecule has 0 spiro atoms. The number of benzene rings is 1. The Kier molecular flexibility index (Phi) is 2.56. The summed E-state index contributed by atoms with van der Waals surface area (Å²) in [5.74, 6) is 5.49. The highest BCUT2D eigenvalue weighted by Crippen LogP contribution is 2.24. The first-order valence-corrected chi connectivity index (χ1v) is 6.01. The highest BCUT2D eigenvalue weighted by atomic mass is 19.1. The van der Waals surface area contributed by atoms with Gasteiger partial charge >= 0.3 is 0 Å². The zero-order valence-electron chi connectivity index (χ0n) is 11.1. The third kappa shape index (κ3) is 1.83. The Morgan fingerprint density at radius 3 is 2.55 bits per heavy atom. The first-order chi connectivity index (χ1) is 9.45. The molecule has 7 heteroatoms. The van der Waals surface area contributed by atoms with Crippen LogP contribution in [0.1, 0.15) is 11.3 Å². The number of fused-ring (bicyclic) bond motifs is 1. The lowest BCUT2D eigenvalue weighted by Crippen LogP contribution is -2.13. The van der Waals surface area contributed by atoms with Gasteiger partial charge in [-0.2, -0.15) is 4.79 Å². The summed E-state index contributed by atoms with van der Waals surface area (Å²) in [5.41, 5.74) is 8.78. The average Bonchev–Trinajstić information content (AvgIpc) is 2.70. The Labute approximate surface area is 114 Å². The topological polar surface area (TPSA) is 95.6 Å². The minimum absolute atomic E-state index is 0.247. The summed E-state index contributed by atoms with van der Waals surface area (Å²) in [4.78, 5) is 9.76. The summed E-state index contributed by atoms with van der Waals surface area (Å²) >= 11 is 0. The molecule has 0 saturated heterocycles. The van der Waals surface area contributed by atoms with Crippen LogP contribution in [0, 0.1) is 19.7 Å². The molecule has 102 valence electrons. The van der Waals surface area contributed by atoms with E-state index in [0.29, 0.717) is 28.4 Å². The number of halogens is 1. The van der Waals surface area contributed by atoms with Crippen molar-refractivity contribution >= 4 is 16.9 Å². The number of nitrogen functional groups attached to an aromatic ring is 2. The molecule has 3 aromatic rings. The predicted molar refractivity (Wildman–Crippen MR) is 74.8 cm³/mol. The van der Waals surface area contributed by atoms with Crippen LogP contribution in [0.4, 0.5) is 10.2 Å². The van der Waals surface area contributed by atoms with Crippen LogP contribution in [-0.2, 0) is 0 Å². The second-order valence-corrected chi connectivity index (χ2v) is 4.67. The van der Waals surface area contributed by atoms with E-state index >= 15 is 0 Å². The normalized spacial score (nSPS) is 11.2. The van der Waals surface area contributed by atoms with Gasteiger partial charge in [0, 0.05) is 6.07 Å². The van der Waals surface area contributed by atoms with Crippen LogP contribution in [0.25, 0.3) is 22.4 Å². The van der Waals surface area contributed by atoms with E-state index in [0.717, 1.165) is 10.4 Å². The van der Waals surface area contributed by atoms with Crippen molar-refractivity contribution in [1.29, 1.82) is 0 Å². The van der Waals surface area contributed by atoms with Crippen molar-refractivity contribution in [3.8, 4) is 11.4 Å². The lowest BCUT2D eigenvalue weighted by molar-refractivity contribution is 0.635. The van der Waals surface area contributed by atoms with Crippen LogP contribution >= 0.6 is 0 Å². The monoisotopic (exact) mass is 272 g/mol. The summed E-state index contributed by atoms with van der Waals surface area (Å²) in [7, 11) is 0. The molecule has 1 aromatic carbocycles. The van der Waals surface area contributed by atoms with Crippen LogP contribution in [0.15, 0.2) is 18.2 Å². The predicted octanol–water partition coefficient (Wildman–Crippen LogP) is 1.55. The molecule has 0 aliphatic heterocycles. The Bertz CT molecular complexity index is 804. The Morgan fingerprint density at radius 2 is 1.90 bits per heavy atom. The largest absolute Gasteiger partial charge is 0.382 e. The first kappa shape index (κ1) is 12.3. The highest BCUT2D eigenvalue weighted by molar-refractivity contribution is 5.79. The third-order valence-electron chi connectivity index (χ3n) is 3.05. The van der Waals surface area contributed by atoms with Crippen molar-refractivity contribution < 1.29 is 4.39 Å². The van der Waals surface area contributed by atoms with Gasteiger partial charge in [0.15, 0.2) is 5.82 Å². The van der Waals surface area contributed by atoms with Crippen molar-refractivity contribution in [3.63, 3.8) is 0 Å². The van der Waals surface area contributed by atoms with Crippen molar-refractivity contribution in [2.45, 2.75) is 13.8 Å². The number of anilines is 1. The van der Waals surface area contributed by atoms with Gasteiger partial charge in [0.25, 0.3) is 0 Å². The summed E-state index contributed by atoms with van der Waals surface area (Å²) in [6, 6.07) is 4.81. The molecule has 0 amide bonds.